The molecule has 0 bridgehead atoms. The van der Waals surface area contributed by atoms with Crippen LogP contribution in [0.4, 0.5) is 0 Å². The Bertz CT molecular complexity index is 438. The van der Waals surface area contributed by atoms with E-state index < -0.39 is 0 Å². The first-order valence-electron chi connectivity index (χ1n) is 5.45. The van der Waals surface area contributed by atoms with Gasteiger partial charge in [0.25, 0.3) is 0 Å². The number of Topliss-reactive ketones (excluding diaryl/α,β-unsaturated/α-hetero) is 1. The molecule has 0 fully saturated rings. The molecule has 0 amide bonds. The van der Waals surface area contributed by atoms with Crippen molar-refractivity contribution in [1.29, 1.82) is 5.26 Å². The second-order valence-corrected chi connectivity index (χ2v) is 4.58. The number of hydrogen-bond acceptors (Lipinski definition) is 3. The fourth-order valence-electron chi connectivity index (χ4n) is 1.39. The van der Waals surface area contributed by atoms with Gasteiger partial charge < -0.3 is 4.74 Å². The topological polar surface area (TPSA) is 50.1 Å². The second-order valence-electron chi connectivity index (χ2n) is 3.66. The normalized spacial score (nSPS) is 9.71. The SMILES string of the molecule is CC(=O)c1ccc(Br)cc1OCCCCC#N. The molecule has 0 aliphatic heterocycles. The molecule has 0 N–H and O–H groups in total. The van der Waals surface area contributed by atoms with Crippen molar-refractivity contribution in [3.8, 4) is 11.8 Å². The number of hydrogen-bond donors (Lipinski definition) is 0. The van der Waals surface area contributed by atoms with Gasteiger partial charge in [0.05, 0.1) is 18.2 Å². The summed E-state index contributed by atoms with van der Waals surface area (Å²) in [6, 6.07) is 7.45. The van der Waals surface area contributed by atoms with Gasteiger partial charge >= 0.3 is 0 Å². The first-order valence-corrected chi connectivity index (χ1v) is 6.24. The minimum atomic E-state index is -0.00970. The van der Waals surface area contributed by atoms with Crippen LogP contribution in [0.25, 0.3) is 0 Å². The Kier molecular flexibility index (Phi) is 5.71. The zero-order valence-electron chi connectivity index (χ0n) is 9.70. The van der Waals surface area contributed by atoms with E-state index in [1.54, 1.807) is 12.1 Å². The first-order chi connectivity index (χ1) is 8.15. The van der Waals surface area contributed by atoms with Crippen LogP contribution in [0.15, 0.2) is 22.7 Å². The van der Waals surface area contributed by atoms with E-state index in [9.17, 15) is 4.79 Å². The molecule has 0 saturated carbocycles. The summed E-state index contributed by atoms with van der Waals surface area (Å²) in [5.41, 5.74) is 0.591. The molecular formula is C13H14BrNO2. The molecule has 0 heterocycles. The molecular weight excluding hydrogens is 282 g/mol. The molecule has 4 heteroatoms. The van der Waals surface area contributed by atoms with E-state index in [0.717, 1.165) is 17.3 Å². The highest BCUT2D eigenvalue weighted by molar-refractivity contribution is 9.10. The Morgan fingerprint density at radius 2 is 2.24 bits per heavy atom. The maximum atomic E-state index is 11.4. The molecule has 90 valence electrons. The highest BCUT2D eigenvalue weighted by Gasteiger charge is 2.08. The molecule has 3 nitrogen and oxygen atoms in total. The molecule has 0 radical (unpaired) electrons. The van der Waals surface area contributed by atoms with Gasteiger partial charge in [-0.2, -0.15) is 5.26 Å². The fourth-order valence-corrected chi connectivity index (χ4v) is 1.73. The standard InChI is InChI=1S/C13H14BrNO2/c1-10(16)12-6-5-11(14)9-13(12)17-8-4-2-3-7-15/h5-6,9H,2-4,8H2,1H3. The quantitative estimate of drug-likeness (QED) is 0.593. The van der Waals surface area contributed by atoms with E-state index in [1.165, 1.54) is 6.92 Å². The maximum Gasteiger partial charge on any atom is 0.163 e. The van der Waals surface area contributed by atoms with Crippen LogP contribution in [0, 0.1) is 11.3 Å². The average molecular weight is 296 g/mol. The predicted octanol–water partition coefficient (Wildman–Crippen LogP) is 3.72. The van der Waals surface area contributed by atoms with Crippen molar-refractivity contribution in [2.45, 2.75) is 26.2 Å². The van der Waals surface area contributed by atoms with Crippen molar-refractivity contribution in [3.05, 3.63) is 28.2 Å². The van der Waals surface area contributed by atoms with Crippen molar-refractivity contribution in [3.63, 3.8) is 0 Å². The minimum absolute atomic E-state index is 0.00970. The number of ketones is 1. The molecule has 1 rings (SSSR count). The summed E-state index contributed by atoms with van der Waals surface area (Å²) >= 11 is 3.34. The third kappa shape index (κ3) is 4.58. The van der Waals surface area contributed by atoms with Gasteiger partial charge in [0.15, 0.2) is 5.78 Å². The zero-order chi connectivity index (χ0) is 12.7. The lowest BCUT2D eigenvalue weighted by atomic mass is 10.1. The Labute approximate surface area is 110 Å². The molecule has 0 aliphatic rings. The zero-order valence-corrected chi connectivity index (χ0v) is 11.3. The van der Waals surface area contributed by atoms with Crippen LogP contribution in [0.3, 0.4) is 0 Å². The lowest BCUT2D eigenvalue weighted by Gasteiger charge is -2.09. The van der Waals surface area contributed by atoms with Crippen molar-refractivity contribution in [2.24, 2.45) is 0 Å². The third-order valence-electron chi connectivity index (χ3n) is 2.26. The van der Waals surface area contributed by atoms with Gasteiger partial charge in [0, 0.05) is 10.9 Å². The smallest absolute Gasteiger partial charge is 0.163 e. The number of carbonyl (C=O) groups is 1. The van der Waals surface area contributed by atoms with E-state index in [4.69, 9.17) is 10.00 Å². The van der Waals surface area contributed by atoms with Gasteiger partial charge in [0.1, 0.15) is 5.75 Å². The number of halogens is 1. The van der Waals surface area contributed by atoms with Crippen LogP contribution in [0.5, 0.6) is 5.75 Å². The molecule has 17 heavy (non-hydrogen) atoms. The van der Waals surface area contributed by atoms with Gasteiger partial charge in [0.2, 0.25) is 0 Å². The van der Waals surface area contributed by atoms with Gasteiger partial charge in [-0.15, -0.1) is 0 Å². The fraction of sp³-hybridized carbons (Fsp3) is 0.385. The van der Waals surface area contributed by atoms with Crippen molar-refractivity contribution < 1.29 is 9.53 Å². The van der Waals surface area contributed by atoms with Crippen molar-refractivity contribution in [2.75, 3.05) is 6.61 Å². The van der Waals surface area contributed by atoms with Gasteiger partial charge in [-0.1, -0.05) is 15.9 Å². The maximum absolute atomic E-state index is 11.4. The Balaban J connectivity index is 2.60. The van der Waals surface area contributed by atoms with Crippen molar-refractivity contribution in [1.82, 2.24) is 0 Å². The Morgan fingerprint density at radius 3 is 2.88 bits per heavy atom. The van der Waals surface area contributed by atoms with Crippen LogP contribution in [-0.4, -0.2) is 12.4 Å². The van der Waals surface area contributed by atoms with Crippen LogP contribution in [0.1, 0.15) is 36.5 Å². The number of unbranched alkanes of at least 4 members (excludes halogenated alkanes) is 2. The van der Waals surface area contributed by atoms with E-state index in [-0.39, 0.29) is 5.78 Å². The molecule has 0 aliphatic carbocycles. The Hall–Kier alpha value is -1.34. The number of ether oxygens (including phenoxy) is 1. The number of nitrogens with zero attached hydrogens (tertiary/aromatic N) is 1. The van der Waals surface area contributed by atoms with E-state index in [0.29, 0.717) is 24.3 Å². The minimum Gasteiger partial charge on any atom is -0.493 e. The summed E-state index contributed by atoms with van der Waals surface area (Å²) in [5, 5.41) is 8.39. The molecule has 0 atom stereocenters. The summed E-state index contributed by atoms with van der Waals surface area (Å²) in [6.45, 7) is 2.05. The van der Waals surface area contributed by atoms with Crippen LogP contribution in [-0.2, 0) is 0 Å². The number of nitriles is 1. The number of carbonyl (C=O) groups excluding carboxylic acids is 1. The lowest BCUT2D eigenvalue weighted by molar-refractivity contribution is 0.101. The van der Waals surface area contributed by atoms with Crippen LogP contribution < -0.4 is 4.74 Å². The summed E-state index contributed by atoms with van der Waals surface area (Å²) in [6.07, 6.45) is 2.18. The predicted molar refractivity (Wildman–Crippen MR) is 69.1 cm³/mol. The van der Waals surface area contributed by atoms with E-state index in [1.807, 2.05) is 6.07 Å². The van der Waals surface area contributed by atoms with Gasteiger partial charge in [-0.05, 0) is 38.0 Å². The molecule has 1 aromatic rings. The van der Waals surface area contributed by atoms with Crippen LogP contribution in [0.2, 0.25) is 0 Å². The summed E-state index contributed by atoms with van der Waals surface area (Å²) in [7, 11) is 0. The molecule has 0 aromatic heterocycles. The highest BCUT2D eigenvalue weighted by Crippen LogP contribution is 2.24. The van der Waals surface area contributed by atoms with Gasteiger partial charge in [-0.3, -0.25) is 4.79 Å². The van der Waals surface area contributed by atoms with E-state index >= 15 is 0 Å². The summed E-state index contributed by atoms with van der Waals surface area (Å²) in [4.78, 5) is 11.4. The molecule has 0 saturated heterocycles. The molecule has 0 spiro atoms. The number of benzene rings is 1. The highest BCUT2D eigenvalue weighted by atomic mass is 79.9. The molecule has 0 unspecified atom stereocenters. The monoisotopic (exact) mass is 295 g/mol. The van der Waals surface area contributed by atoms with Crippen LogP contribution >= 0.6 is 15.9 Å². The largest absolute Gasteiger partial charge is 0.493 e. The lowest BCUT2D eigenvalue weighted by Crippen LogP contribution is -2.02. The second kappa shape index (κ2) is 7.08. The Morgan fingerprint density at radius 1 is 1.47 bits per heavy atom. The third-order valence-corrected chi connectivity index (χ3v) is 2.76. The summed E-state index contributed by atoms with van der Waals surface area (Å²) < 4.78 is 6.45. The van der Waals surface area contributed by atoms with Gasteiger partial charge in [-0.25, -0.2) is 0 Å². The van der Waals surface area contributed by atoms with Crippen molar-refractivity contribution >= 4 is 21.7 Å². The average Bonchev–Trinajstić information content (AvgIpc) is 2.28. The molecule has 1 aromatic carbocycles. The summed E-state index contributed by atoms with van der Waals surface area (Å²) in [5.74, 6) is 0.591. The number of rotatable bonds is 6. The van der Waals surface area contributed by atoms with E-state index in [2.05, 4.69) is 22.0 Å². The first kappa shape index (κ1) is 13.7.